The van der Waals surface area contributed by atoms with Gasteiger partial charge in [-0.3, -0.25) is 0 Å². The molecule has 0 N–H and O–H groups in total. The summed E-state index contributed by atoms with van der Waals surface area (Å²) in [5.74, 6) is 0.101. The molecular weight excluding hydrogens is 216 g/mol. The van der Waals surface area contributed by atoms with E-state index in [1.54, 1.807) is 13.8 Å². The quantitative estimate of drug-likeness (QED) is 0.588. The molecule has 0 aliphatic heterocycles. The Morgan fingerprint density at radius 2 is 2.07 bits per heavy atom. The predicted molar refractivity (Wildman–Crippen MR) is 57.1 cm³/mol. The Hall–Kier alpha value is -1.16. The smallest absolute Gasteiger partial charge is 0.343 e. The highest BCUT2D eigenvalue weighted by Crippen LogP contribution is 2.18. The fourth-order valence-corrected chi connectivity index (χ4v) is 1.56. The van der Waals surface area contributed by atoms with E-state index >= 15 is 0 Å². The third kappa shape index (κ3) is 2.65. The van der Waals surface area contributed by atoms with Gasteiger partial charge < -0.3 is 4.74 Å². The van der Waals surface area contributed by atoms with E-state index in [9.17, 15) is 4.79 Å². The van der Waals surface area contributed by atoms with Crippen LogP contribution in [0.25, 0.3) is 0 Å². The van der Waals surface area contributed by atoms with Gasteiger partial charge >= 0.3 is 5.97 Å². The zero-order valence-electron chi connectivity index (χ0n) is 9.00. The highest BCUT2D eigenvalue weighted by atomic mass is 35.5. The van der Waals surface area contributed by atoms with E-state index in [-0.39, 0.29) is 10.7 Å². The normalized spacial score (nSPS) is 10.1. The fourth-order valence-electron chi connectivity index (χ4n) is 1.25. The van der Waals surface area contributed by atoms with Crippen molar-refractivity contribution in [2.75, 3.05) is 6.61 Å². The number of rotatable bonds is 3. The number of halogens is 1. The van der Waals surface area contributed by atoms with E-state index in [1.807, 2.05) is 6.92 Å². The lowest BCUT2D eigenvalue weighted by Gasteiger charge is -2.08. The molecule has 5 heteroatoms. The molecule has 4 nitrogen and oxygen atoms in total. The molecule has 0 saturated heterocycles. The molecular formula is C10H13ClN2O2. The lowest BCUT2D eigenvalue weighted by molar-refractivity contribution is 0.0524. The summed E-state index contributed by atoms with van der Waals surface area (Å²) >= 11 is 5.89. The van der Waals surface area contributed by atoms with Gasteiger partial charge in [-0.15, -0.1) is 0 Å². The minimum Gasteiger partial charge on any atom is -0.462 e. The first-order chi connectivity index (χ1) is 7.10. The number of carbonyl (C=O) groups excluding carboxylic acids is 1. The molecule has 1 aromatic rings. The molecule has 1 aromatic heterocycles. The zero-order chi connectivity index (χ0) is 11.4. The van der Waals surface area contributed by atoms with Crippen LogP contribution in [0.3, 0.4) is 0 Å². The molecule has 15 heavy (non-hydrogen) atoms. The third-order valence-electron chi connectivity index (χ3n) is 1.87. The van der Waals surface area contributed by atoms with Gasteiger partial charge in [-0.1, -0.05) is 18.5 Å². The van der Waals surface area contributed by atoms with Gasteiger partial charge in [0.1, 0.15) is 16.5 Å². The number of carbonyl (C=O) groups is 1. The Balaban J connectivity index is 3.20. The summed E-state index contributed by atoms with van der Waals surface area (Å²) in [5.41, 5.74) is 0.914. The average molecular weight is 229 g/mol. The van der Waals surface area contributed by atoms with E-state index in [0.717, 1.165) is 0 Å². The van der Waals surface area contributed by atoms with Crippen LogP contribution >= 0.6 is 11.6 Å². The van der Waals surface area contributed by atoms with Crippen molar-refractivity contribution in [2.24, 2.45) is 0 Å². The highest BCUT2D eigenvalue weighted by Gasteiger charge is 2.18. The molecule has 0 saturated carbocycles. The Morgan fingerprint density at radius 3 is 2.60 bits per heavy atom. The van der Waals surface area contributed by atoms with Gasteiger partial charge in [0.05, 0.1) is 12.3 Å². The summed E-state index contributed by atoms with van der Waals surface area (Å²) < 4.78 is 4.89. The van der Waals surface area contributed by atoms with Crippen LogP contribution in [0.2, 0.25) is 5.15 Å². The van der Waals surface area contributed by atoms with Crippen LogP contribution in [0.5, 0.6) is 0 Å². The van der Waals surface area contributed by atoms with Gasteiger partial charge in [0.15, 0.2) is 0 Å². The number of hydrogen-bond donors (Lipinski definition) is 0. The van der Waals surface area contributed by atoms with Crippen LogP contribution in [0, 0.1) is 6.92 Å². The summed E-state index contributed by atoms with van der Waals surface area (Å²) in [6.45, 7) is 5.69. The van der Waals surface area contributed by atoms with Gasteiger partial charge in [0, 0.05) is 0 Å². The first-order valence-electron chi connectivity index (χ1n) is 4.80. The lowest BCUT2D eigenvalue weighted by Crippen LogP contribution is -2.12. The minimum absolute atomic E-state index is 0.165. The van der Waals surface area contributed by atoms with Gasteiger partial charge in [0.2, 0.25) is 0 Å². The molecule has 0 unspecified atom stereocenters. The topological polar surface area (TPSA) is 52.1 Å². The fraction of sp³-hybridized carbons (Fsp3) is 0.500. The second kappa shape index (κ2) is 5.07. The Bertz CT molecular complexity index is 380. The van der Waals surface area contributed by atoms with E-state index in [1.165, 1.54) is 0 Å². The Labute approximate surface area is 93.6 Å². The van der Waals surface area contributed by atoms with Gasteiger partial charge in [-0.05, 0) is 20.3 Å². The first-order valence-corrected chi connectivity index (χ1v) is 5.18. The molecule has 0 amide bonds. The van der Waals surface area contributed by atoms with Crippen molar-refractivity contribution in [1.82, 2.24) is 9.97 Å². The van der Waals surface area contributed by atoms with Crippen molar-refractivity contribution < 1.29 is 9.53 Å². The van der Waals surface area contributed by atoms with Gasteiger partial charge in [0.25, 0.3) is 0 Å². The monoisotopic (exact) mass is 228 g/mol. The minimum atomic E-state index is -0.459. The second-order valence-electron chi connectivity index (χ2n) is 2.96. The van der Waals surface area contributed by atoms with Crippen LogP contribution in [0.15, 0.2) is 0 Å². The number of hydrogen-bond acceptors (Lipinski definition) is 4. The number of esters is 1. The van der Waals surface area contributed by atoms with Crippen LogP contribution < -0.4 is 0 Å². The van der Waals surface area contributed by atoms with Crippen molar-refractivity contribution in [3.8, 4) is 0 Å². The maximum absolute atomic E-state index is 11.6. The maximum Gasteiger partial charge on any atom is 0.343 e. The maximum atomic E-state index is 11.6. The highest BCUT2D eigenvalue weighted by molar-refractivity contribution is 6.32. The predicted octanol–water partition coefficient (Wildman–Crippen LogP) is 2.18. The summed E-state index contributed by atoms with van der Waals surface area (Å²) in [6, 6.07) is 0. The molecule has 0 spiro atoms. The van der Waals surface area contributed by atoms with Crippen LogP contribution in [-0.4, -0.2) is 22.5 Å². The number of aryl methyl sites for hydroxylation is 2. The number of aromatic nitrogens is 2. The number of nitrogens with zero attached hydrogens (tertiary/aromatic N) is 2. The standard InChI is InChI=1S/C10H13ClN2O2/c1-4-7-8(10(14)15-5-2)9(11)13-6(3)12-7/h4-5H2,1-3H3. The van der Waals surface area contributed by atoms with E-state index in [0.29, 0.717) is 24.5 Å². The van der Waals surface area contributed by atoms with Crippen molar-refractivity contribution in [3.05, 3.63) is 22.2 Å². The molecule has 0 aliphatic rings. The molecule has 82 valence electrons. The molecule has 0 atom stereocenters. The SMILES string of the molecule is CCOC(=O)c1c(Cl)nc(C)nc1CC. The first kappa shape index (κ1) is 11.9. The van der Waals surface area contributed by atoms with Crippen molar-refractivity contribution >= 4 is 17.6 Å². The molecule has 0 radical (unpaired) electrons. The Morgan fingerprint density at radius 1 is 1.40 bits per heavy atom. The molecule has 0 aromatic carbocycles. The summed E-state index contributed by atoms with van der Waals surface area (Å²) in [5, 5.41) is 0.165. The van der Waals surface area contributed by atoms with Gasteiger partial charge in [-0.25, -0.2) is 14.8 Å². The van der Waals surface area contributed by atoms with E-state index < -0.39 is 5.97 Å². The van der Waals surface area contributed by atoms with Crippen LogP contribution in [-0.2, 0) is 11.2 Å². The summed E-state index contributed by atoms with van der Waals surface area (Å²) in [4.78, 5) is 19.7. The Kier molecular flexibility index (Phi) is 4.03. The zero-order valence-corrected chi connectivity index (χ0v) is 9.76. The van der Waals surface area contributed by atoms with Crippen LogP contribution in [0.1, 0.15) is 35.7 Å². The average Bonchev–Trinajstić information content (AvgIpc) is 2.16. The lowest BCUT2D eigenvalue weighted by atomic mass is 10.2. The van der Waals surface area contributed by atoms with E-state index in [2.05, 4.69) is 9.97 Å². The van der Waals surface area contributed by atoms with Crippen LogP contribution in [0.4, 0.5) is 0 Å². The van der Waals surface area contributed by atoms with Crippen molar-refractivity contribution in [1.29, 1.82) is 0 Å². The van der Waals surface area contributed by atoms with Gasteiger partial charge in [-0.2, -0.15) is 0 Å². The second-order valence-corrected chi connectivity index (χ2v) is 3.32. The molecule has 0 fully saturated rings. The molecule has 0 bridgehead atoms. The molecule has 1 heterocycles. The van der Waals surface area contributed by atoms with Crippen molar-refractivity contribution in [3.63, 3.8) is 0 Å². The molecule has 0 aliphatic carbocycles. The molecule has 1 rings (SSSR count). The van der Waals surface area contributed by atoms with E-state index in [4.69, 9.17) is 16.3 Å². The van der Waals surface area contributed by atoms with Crippen molar-refractivity contribution in [2.45, 2.75) is 27.2 Å². The largest absolute Gasteiger partial charge is 0.462 e. The number of ether oxygens (including phenoxy) is 1. The third-order valence-corrected chi connectivity index (χ3v) is 2.14. The summed E-state index contributed by atoms with van der Waals surface area (Å²) in [6.07, 6.45) is 0.622. The summed E-state index contributed by atoms with van der Waals surface area (Å²) in [7, 11) is 0.